The molecule has 4 heterocycles. The molecule has 2 aromatic carbocycles. The summed E-state index contributed by atoms with van der Waals surface area (Å²) in [5.74, 6) is -0.183. The molecule has 1 N–H and O–H groups in total. The van der Waals surface area contributed by atoms with Gasteiger partial charge in [0.2, 0.25) is 5.43 Å². The molecule has 9 nitrogen and oxygen atoms in total. The molecule has 0 radical (unpaired) electrons. The van der Waals surface area contributed by atoms with Crippen LogP contribution in [0, 0.1) is 3.57 Å². The minimum atomic E-state index is -3.01. The van der Waals surface area contributed by atoms with E-state index >= 15 is 0 Å². The number of hydrogen-bond donors (Lipinski definition) is 1. The Morgan fingerprint density at radius 1 is 0.951 bits per heavy atom. The molecule has 2 saturated heterocycles. The summed E-state index contributed by atoms with van der Waals surface area (Å²) >= 11 is 8.31. The van der Waals surface area contributed by atoms with Gasteiger partial charge in [-0.05, 0) is 58.0 Å². The van der Waals surface area contributed by atoms with Crippen molar-refractivity contribution in [1.82, 2.24) is 19.5 Å². The summed E-state index contributed by atoms with van der Waals surface area (Å²) in [6.07, 6.45) is 1.65. The molecule has 12 heteroatoms. The van der Waals surface area contributed by atoms with Crippen LogP contribution in [-0.4, -0.2) is 79.4 Å². The van der Waals surface area contributed by atoms with E-state index < -0.39 is 15.7 Å². The van der Waals surface area contributed by atoms with Gasteiger partial charge in [-0.1, -0.05) is 23.7 Å². The summed E-state index contributed by atoms with van der Waals surface area (Å²) in [6.45, 7) is 5.36. The van der Waals surface area contributed by atoms with Gasteiger partial charge in [-0.25, -0.2) is 8.42 Å². The third-order valence-corrected chi connectivity index (χ3v) is 10.9. The minimum Gasteiger partial charge on any atom is -0.379 e. The summed E-state index contributed by atoms with van der Waals surface area (Å²) in [5.41, 5.74) is 3.39. The molecule has 2 aliphatic heterocycles. The first-order valence-electron chi connectivity index (χ1n) is 13.6. The molecule has 0 aliphatic carbocycles. The Kier molecular flexibility index (Phi) is 8.27. The molecule has 2 aliphatic rings. The lowest BCUT2D eigenvalue weighted by molar-refractivity contribution is 0.0342. The van der Waals surface area contributed by atoms with Crippen LogP contribution < -0.4 is 10.7 Å². The monoisotopic (exact) mass is 708 g/mol. The number of carbonyl (C=O) groups excluding carboxylic acids is 1. The number of aromatic nitrogens is 1. The molecule has 0 atom stereocenters. The molecule has 0 spiro atoms. The van der Waals surface area contributed by atoms with Crippen molar-refractivity contribution < 1.29 is 17.9 Å². The smallest absolute Gasteiger partial charge is 0.257 e. The number of benzene rings is 2. The van der Waals surface area contributed by atoms with E-state index in [9.17, 15) is 18.0 Å². The zero-order valence-corrected chi connectivity index (χ0v) is 26.1. The van der Waals surface area contributed by atoms with Crippen molar-refractivity contribution in [2.24, 2.45) is 0 Å². The number of halogens is 2. The van der Waals surface area contributed by atoms with Crippen LogP contribution in [-0.2, 0) is 34.2 Å². The van der Waals surface area contributed by atoms with Crippen LogP contribution in [0.15, 0.2) is 47.4 Å². The highest BCUT2D eigenvalue weighted by molar-refractivity contribution is 14.1. The molecule has 0 unspecified atom stereocenters. The second-order valence-corrected chi connectivity index (χ2v) is 14.5. The summed E-state index contributed by atoms with van der Waals surface area (Å²) in [4.78, 5) is 31.7. The molecule has 0 bridgehead atoms. The standard InChI is InChI=1S/C29H30ClIN4O5S/c30-21-3-1-19(2-4-21)15-32-29(37)24-17-35-25(18-34-7-11-41(38,39)12-8-34)26(31)22-13-20(14-23(27(22)35)28(24)36)16-33-5-9-40-10-6-33/h1-4,13-14,17H,5-12,15-16,18H2,(H,32,37). The van der Waals surface area contributed by atoms with Crippen LogP contribution in [0.5, 0.6) is 0 Å². The van der Waals surface area contributed by atoms with E-state index in [1.807, 2.05) is 22.6 Å². The lowest BCUT2D eigenvalue weighted by atomic mass is 10.0. The Morgan fingerprint density at radius 3 is 2.32 bits per heavy atom. The molecular formula is C29H30ClIN4O5S. The molecule has 216 valence electrons. The summed E-state index contributed by atoms with van der Waals surface area (Å²) < 4.78 is 32.5. The summed E-state index contributed by atoms with van der Waals surface area (Å²) in [5, 5.41) is 4.98. The molecule has 2 aromatic heterocycles. The van der Waals surface area contributed by atoms with Gasteiger partial charge in [0.15, 0.2) is 9.84 Å². The zero-order valence-electron chi connectivity index (χ0n) is 22.4. The zero-order chi connectivity index (χ0) is 28.7. The molecule has 41 heavy (non-hydrogen) atoms. The van der Waals surface area contributed by atoms with Gasteiger partial charge in [0, 0.05) is 71.4 Å². The average molecular weight is 709 g/mol. The van der Waals surface area contributed by atoms with Crippen molar-refractivity contribution in [2.45, 2.75) is 19.6 Å². The van der Waals surface area contributed by atoms with Crippen LogP contribution in [0.1, 0.15) is 27.2 Å². The number of morpholine rings is 1. The Hall–Kier alpha value is -2.29. The van der Waals surface area contributed by atoms with Crippen LogP contribution in [0.25, 0.3) is 16.3 Å². The van der Waals surface area contributed by atoms with Crippen molar-refractivity contribution in [1.29, 1.82) is 0 Å². The van der Waals surface area contributed by atoms with E-state index in [2.05, 4.69) is 43.8 Å². The largest absolute Gasteiger partial charge is 0.379 e. The van der Waals surface area contributed by atoms with E-state index in [0.717, 1.165) is 44.4 Å². The van der Waals surface area contributed by atoms with Gasteiger partial charge in [-0.15, -0.1) is 0 Å². The van der Waals surface area contributed by atoms with Crippen molar-refractivity contribution in [3.05, 3.63) is 83.8 Å². The minimum absolute atomic E-state index is 0.0748. The quantitative estimate of drug-likeness (QED) is 0.295. The van der Waals surface area contributed by atoms with Gasteiger partial charge in [-0.2, -0.15) is 0 Å². The van der Waals surface area contributed by atoms with Crippen LogP contribution in [0.3, 0.4) is 0 Å². The van der Waals surface area contributed by atoms with Crippen molar-refractivity contribution in [3.63, 3.8) is 0 Å². The fourth-order valence-electron chi connectivity index (χ4n) is 5.58. The second kappa shape index (κ2) is 11.8. The number of amides is 1. The fourth-order valence-corrected chi connectivity index (χ4v) is 7.83. The Labute approximate surface area is 256 Å². The van der Waals surface area contributed by atoms with Gasteiger partial charge in [0.25, 0.3) is 5.91 Å². The lowest BCUT2D eigenvalue weighted by Crippen LogP contribution is -2.40. The maximum atomic E-state index is 13.9. The summed E-state index contributed by atoms with van der Waals surface area (Å²) in [6, 6.07) is 11.3. The third-order valence-electron chi connectivity index (χ3n) is 7.87. The normalized spacial score (nSPS) is 18.3. The fraction of sp³-hybridized carbons (Fsp3) is 0.379. The maximum Gasteiger partial charge on any atom is 0.257 e. The number of rotatable bonds is 7. The van der Waals surface area contributed by atoms with Gasteiger partial charge in [0.1, 0.15) is 5.56 Å². The van der Waals surface area contributed by atoms with E-state index in [1.165, 1.54) is 0 Å². The summed E-state index contributed by atoms with van der Waals surface area (Å²) in [7, 11) is -3.01. The predicted octanol–water partition coefficient (Wildman–Crippen LogP) is 3.14. The van der Waals surface area contributed by atoms with E-state index in [-0.39, 0.29) is 29.0 Å². The van der Waals surface area contributed by atoms with Crippen molar-refractivity contribution >= 4 is 66.2 Å². The van der Waals surface area contributed by atoms with Crippen molar-refractivity contribution in [2.75, 3.05) is 50.9 Å². The molecule has 2 fully saturated rings. The van der Waals surface area contributed by atoms with Crippen LogP contribution >= 0.6 is 34.2 Å². The second-order valence-electron chi connectivity index (χ2n) is 10.7. The van der Waals surface area contributed by atoms with Crippen molar-refractivity contribution in [3.8, 4) is 0 Å². The van der Waals surface area contributed by atoms with Gasteiger partial charge < -0.3 is 14.5 Å². The van der Waals surface area contributed by atoms with Gasteiger partial charge >= 0.3 is 0 Å². The van der Waals surface area contributed by atoms with Crippen LogP contribution in [0.2, 0.25) is 5.02 Å². The highest BCUT2D eigenvalue weighted by atomic mass is 127. The Morgan fingerprint density at radius 2 is 1.61 bits per heavy atom. The number of carbonyl (C=O) groups is 1. The molecular weight excluding hydrogens is 679 g/mol. The van der Waals surface area contributed by atoms with Gasteiger partial charge in [0.05, 0.1) is 35.9 Å². The third kappa shape index (κ3) is 6.11. The van der Waals surface area contributed by atoms with E-state index in [4.69, 9.17) is 16.3 Å². The highest BCUT2D eigenvalue weighted by Gasteiger charge is 2.27. The molecule has 4 aromatic rings. The molecule has 6 rings (SSSR count). The molecule has 1 amide bonds. The SMILES string of the molecule is O=C(NCc1ccc(Cl)cc1)c1cn2c(CN3CCS(=O)(=O)CC3)c(I)c3cc(CN4CCOCC4)cc(c1=O)c32. The topological polar surface area (TPSA) is 100 Å². The number of pyridine rings is 1. The Balaban J connectivity index is 1.41. The first-order chi connectivity index (χ1) is 19.7. The Bertz CT molecular complexity index is 1760. The number of ether oxygens (including phenoxy) is 1. The van der Waals surface area contributed by atoms with E-state index in [0.29, 0.717) is 49.8 Å². The lowest BCUT2D eigenvalue weighted by Gasteiger charge is -2.26. The number of sulfone groups is 1. The predicted molar refractivity (Wildman–Crippen MR) is 168 cm³/mol. The van der Waals surface area contributed by atoms with E-state index in [1.54, 1.807) is 18.3 Å². The number of nitrogens with one attached hydrogen (secondary N) is 1. The number of nitrogens with zero attached hydrogens (tertiary/aromatic N) is 3. The molecule has 0 saturated carbocycles. The maximum absolute atomic E-state index is 13.9. The first-order valence-corrected chi connectivity index (χ1v) is 16.8. The van der Waals surface area contributed by atoms with Crippen LogP contribution in [0.4, 0.5) is 0 Å². The first kappa shape index (κ1) is 28.8. The number of hydrogen-bond acceptors (Lipinski definition) is 7. The average Bonchev–Trinajstić information content (AvgIpc) is 3.22. The highest BCUT2D eigenvalue weighted by Crippen LogP contribution is 2.33. The van der Waals surface area contributed by atoms with Gasteiger partial charge in [-0.3, -0.25) is 19.4 Å².